The summed E-state index contributed by atoms with van der Waals surface area (Å²) in [6.07, 6.45) is 4.57. The number of anilines is 1. The molecule has 2 rings (SSSR count). The Balaban J connectivity index is 2.52. The van der Waals surface area contributed by atoms with Crippen molar-refractivity contribution in [2.45, 2.75) is 53.6 Å². The molecule has 0 aliphatic heterocycles. The fourth-order valence-electron chi connectivity index (χ4n) is 2.44. The van der Waals surface area contributed by atoms with E-state index in [0.717, 1.165) is 36.0 Å². The van der Waals surface area contributed by atoms with Crippen LogP contribution in [0.2, 0.25) is 0 Å². The fourth-order valence-corrected chi connectivity index (χ4v) is 2.44. The second kappa shape index (κ2) is 5.69. The molecule has 2 aromatic heterocycles. The Morgan fingerprint density at radius 3 is 2.50 bits per heavy atom. The molecule has 0 radical (unpaired) electrons. The van der Waals surface area contributed by atoms with Crippen molar-refractivity contribution in [2.75, 3.05) is 5.73 Å². The standard InChI is InChI=1S/C15H25N5/c1-6-13-18-14(15(16)19(13)8-10(2)3)12-7-17-9-20(12)11(4)5/h7,9-11H,6,8,16H2,1-5H3. The Morgan fingerprint density at radius 2 is 1.95 bits per heavy atom. The summed E-state index contributed by atoms with van der Waals surface area (Å²) < 4.78 is 4.25. The van der Waals surface area contributed by atoms with E-state index in [4.69, 9.17) is 10.7 Å². The molecule has 0 fully saturated rings. The molecule has 0 spiro atoms. The lowest BCUT2D eigenvalue weighted by atomic mass is 10.2. The van der Waals surface area contributed by atoms with E-state index < -0.39 is 0 Å². The monoisotopic (exact) mass is 275 g/mol. The van der Waals surface area contributed by atoms with Gasteiger partial charge in [-0.25, -0.2) is 9.97 Å². The number of nitrogens with two attached hydrogens (primary N) is 1. The zero-order valence-corrected chi connectivity index (χ0v) is 13.1. The normalized spacial score (nSPS) is 11.8. The molecule has 5 heteroatoms. The third kappa shape index (κ3) is 2.57. The van der Waals surface area contributed by atoms with E-state index in [-0.39, 0.29) is 0 Å². The number of nitrogens with zero attached hydrogens (tertiary/aromatic N) is 4. The molecule has 0 aliphatic rings. The first-order valence-electron chi connectivity index (χ1n) is 7.32. The van der Waals surface area contributed by atoms with Crippen LogP contribution < -0.4 is 5.73 Å². The molecule has 2 heterocycles. The molecule has 0 bridgehead atoms. The summed E-state index contributed by atoms with van der Waals surface area (Å²) >= 11 is 0. The fraction of sp³-hybridized carbons (Fsp3) is 0.600. The molecular weight excluding hydrogens is 250 g/mol. The molecule has 5 nitrogen and oxygen atoms in total. The molecule has 0 amide bonds. The van der Waals surface area contributed by atoms with Gasteiger partial charge in [-0.05, 0) is 19.8 Å². The smallest absolute Gasteiger partial charge is 0.133 e. The highest BCUT2D eigenvalue weighted by Gasteiger charge is 2.19. The van der Waals surface area contributed by atoms with Crippen molar-refractivity contribution in [1.82, 2.24) is 19.1 Å². The summed E-state index contributed by atoms with van der Waals surface area (Å²) in [6, 6.07) is 0.340. The summed E-state index contributed by atoms with van der Waals surface area (Å²) in [7, 11) is 0. The first-order valence-corrected chi connectivity index (χ1v) is 7.32. The van der Waals surface area contributed by atoms with Crippen LogP contribution in [0, 0.1) is 5.92 Å². The van der Waals surface area contributed by atoms with Gasteiger partial charge in [0.25, 0.3) is 0 Å². The van der Waals surface area contributed by atoms with Crippen molar-refractivity contribution in [1.29, 1.82) is 0 Å². The van der Waals surface area contributed by atoms with E-state index in [9.17, 15) is 0 Å². The van der Waals surface area contributed by atoms with Crippen molar-refractivity contribution in [3.8, 4) is 11.4 Å². The highest BCUT2D eigenvalue weighted by molar-refractivity contribution is 5.68. The van der Waals surface area contributed by atoms with Gasteiger partial charge in [0.1, 0.15) is 17.3 Å². The lowest BCUT2D eigenvalue weighted by molar-refractivity contribution is 0.513. The highest BCUT2D eigenvalue weighted by atomic mass is 15.2. The topological polar surface area (TPSA) is 61.7 Å². The number of hydrogen-bond donors (Lipinski definition) is 1. The van der Waals surface area contributed by atoms with E-state index in [1.54, 1.807) is 0 Å². The zero-order valence-electron chi connectivity index (χ0n) is 13.1. The second-order valence-corrected chi connectivity index (χ2v) is 5.90. The predicted octanol–water partition coefficient (Wildman–Crippen LogP) is 3.13. The molecule has 0 unspecified atom stereocenters. The van der Waals surface area contributed by atoms with Gasteiger partial charge < -0.3 is 14.9 Å². The van der Waals surface area contributed by atoms with Gasteiger partial charge in [-0.1, -0.05) is 20.8 Å². The average molecular weight is 275 g/mol. The van der Waals surface area contributed by atoms with E-state index in [1.165, 1.54) is 0 Å². The Labute approximate surface area is 120 Å². The number of imidazole rings is 2. The molecule has 0 aromatic carbocycles. The Morgan fingerprint density at radius 1 is 1.25 bits per heavy atom. The van der Waals surface area contributed by atoms with Crippen LogP contribution in [0.4, 0.5) is 5.82 Å². The Kier molecular flexibility index (Phi) is 4.16. The summed E-state index contributed by atoms with van der Waals surface area (Å²) in [6.45, 7) is 11.7. The average Bonchev–Trinajstić information content (AvgIpc) is 2.95. The zero-order chi connectivity index (χ0) is 14.9. The van der Waals surface area contributed by atoms with Crippen LogP contribution in [0.1, 0.15) is 46.5 Å². The van der Waals surface area contributed by atoms with Gasteiger partial charge in [0.05, 0.1) is 18.2 Å². The van der Waals surface area contributed by atoms with E-state index in [1.807, 2.05) is 12.5 Å². The minimum Gasteiger partial charge on any atom is -0.383 e. The minimum atomic E-state index is 0.340. The third-order valence-corrected chi connectivity index (χ3v) is 3.41. The predicted molar refractivity (Wildman–Crippen MR) is 82.5 cm³/mol. The van der Waals surface area contributed by atoms with Crippen LogP contribution in [0.5, 0.6) is 0 Å². The highest BCUT2D eigenvalue weighted by Crippen LogP contribution is 2.29. The SMILES string of the molecule is CCc1nc(-c2cncn2C(C)C)c(N)n1CC(C)C. The molecule has 20 heavy (non-hydrogen) atoms. The maximum atomic E-state index is 6.35. The number of nitrogen functional groups attached to an aromatic ring is 1. The first-order chi connectivity index (χ1) is 9.45. The van der Waals surface area contributed by atoms with E-state index >= 15 is 0 Å². The summed E-state index contributed by atoms with van der Waals surface area (Å²) in [4.78, 5) is 8.99. The largest absolute Gasteiger partial charge is 0.383 e. The Hall–Kier alpha value is -1.78. The van der Waals surface area contributed by atoms with Crippen molar-refractivity contribution < 1.29 is 0 Å². The second-order valence-electron chi connectivity index (χ2n) is 5.90. The Bertz CT molecular complexity index is 577. The maximum absolute atomic E-state index is 6.35. The van der Waals surface area contributed by atoms with E-state index in [2.05, 4.69) is 48.7 Å². The van der Waals surface area contributed by atoms with Crippen LogP contribution >= 0.6 is 0 Å². The number of aromatic nitrogens is 4. The first kappa shape index (κ1) is 14.6. The summed E-state index contributed by atoms with van der Waals surface area (Å²) in [5.74, 6) is 2.33. The molecule has 2 aromatic rings. The molecule has 0 aliphatic carbocycles. The van der Waals surface area contributed by atoms with Gasteiger partial charge in [0, 0.05) is 19.0 Å². The molecule has 110 valence electrons. The van der Waals surface area contributed by atoms with Crippen LogP contribution in [-0.4, -0.2) is 19.1 Å². The van der Waals surface area contributed by atoms with Crippen LogP contribution in [-0.2, 0) is 13.0 Å². The maximum Gasteiger partial charge on any atom is 0.133 e. The van der Waals surface area contributed by atoms with Crippen LogP contribution in [0.3, 0.4) is 0 Å². The number of hydrogen-bond acceptors (Lipinski definition) is 3. The third-order valence-electron chi connectivity index (χ3n) is 3.41. The minimum absolute atomic E-state index is 0.340. The van der Waals surface area contributed by atoms with Gasteiger partial charge in [-0.15, -0.1) is 0 Å². The van der Waals surface area contributed by atoms with Gasteiger partial charge in [-0.2, -0.15) is 0 Å². The molecule has 0 atom stereocenters. The lowest BCUT2D eigenvalue weighted by Crippen LogP contribution is -2.11. The van der Waals surface area contributed by atoms with E-state index in [0.29, 0.717) is 12.0 Å². The van der Waals surface area contributed by atoms with Gasteiger partial charge >= 0.3 is 0 Å². The van der Waals surface area contributed by atoms with Crippen molar-refractivity contribution >= 4 is 5.82 Å². The molecule has 0 saturated carbocycles. The summed E-state index contributed by atoms with van der Waals surface area (Å²) in [5.41, 5.74) is 8.20. The van der Waals surface area contributed by atoms with Crippen molar-refractivity contribution in [3.05, 3.63) is 18.3 Å². The summed E-state index contributed by atoms with van der Waals surface area (Å²) in [5, 5.41) is 0. The molecule has 2 N–H and O–H groups in total. The van der Waals surface area contributed by atoms with Crippen LogP contribution in [0.15, 0.2) is 12.5 Å². The molecule has 0 saturated heterocycles. The quantitative estimate of drug-likeness (QED) is 0.912. The van der Waals surface area contributed by atoms with Crippen molar-refractivity contribution in [3.63, 3.8) is 0 Å². The number of rotatable bonds is 5. The number of aryl methyl sites for hydroxylation is 1. The van der Waals surface area contributed by atoms with Gasteiger partial charge in [0.15, 0.2) is 0 Å². The molecular formula is C15H25N5. The lowest BCUT2D eigenvalue weighted by Gasteiger charge is -2.12. The van der Waals surface area contributed by atoms with Crippen LogP contribution in [0.25, 0.3) is 11.4 Å². The van der Waals surface area contributed by atoms with Crippen molar-refractivity contribution in [2.24, 2.45) is 5.92 Å². The van der Waals surface area contributed by atoms with Gasteiger partial charge in [-0.3, -0.25) is 0 Å². The van der Waals surface area contributed by atoms with Gasteiger partial charge in [0.2, 0.25) is 0 Å².